The molecule has 1 aliphatic carbocycles. The fourth-order valence-electron chi connectivity index (χ4n) is 4.23. The summed E-state index contributed by atoms with van der Waals surface area (Å²) in [5.41, 5.74) is 4.25. The monoisotopic (exact) mass is 512 g/mol. The number of carbonyl (C=O) groups is 2. The number of aryl methyl sites for hydroxylation is 4. The summed E-state index contributed by atoms with van der Waals surface area (Å²) >= 11 is 1.35. The van der Waals surface area contributed by atoms with Gasteiger partial charge in [-0.3, -0.25) is 9.10 Å². The van der Waals surface area contributed by atoms with Crippen LogP contribution in [0.25, 0.3) is 0 Å². The molecule has 0 spiro atoms. The molecule has 0 unspecified atom stereocenters. The average molecular weight is 513 g/mol. The van der Waals surface area contributed by atoms with Crippen molar-refractivity contribution in [2.45, 2.75) is 44.9 Å². The van der Waals surface area contributed by atoms with Crippen LogP contribution >= 0.6 is 11.3 Å². The van der Waals surface area contributed by atoms with E-state index in [9.17, 15) is 18.0 Å². The third kappa shape index (κ3) is 4.97. The molecule has 1 aromatic heterocycles. The van der Waals surface area contributed by atoms with Crippen LogP contribution in [0.2, 0.25) is 0 Å². The van der Waals surface area contributed by atoms with E-state index in [1.807, 2.05) is 32.9 Å². The molecule has 2 aromatic carbocycles. The first kappa shape index (κ1) is 24.9. The lowest BCUT2D eigenvalue weighted by atomic mass is 10.1. The Morgan fingerprint density at radius 3 is 2.40 bits per heavy atom. The summed E-state index contributed by atoms with van der Waals surface area (Å²) in [5, 5.41) is 3.20. The number of rotatable bonds is 7. The van der Waals surface area contributed by atoms with Crippen LogP contribution in [0.3, 0.4) is 0 Å². The molecule has 1 N–H and O–H groups in total. The Bertz CT molecular complexity index is 1390. The number of esters is 1. The molecule has 0 bridgehead atoms. The summed E-state index contributed by atoms with van der Waals surface area (Å²) < 4.78 is 33.5. The van der Waals surface area contributed by atoms with Crippen LogP contribution in [-0.2, 0) is 32.4 Å². The first-order valence-corrected chi connectivity index (χ1v) is 13.6. The number of fused-ring (bicyclic) bond motifs is 1. The van der Waals surface area contributed by atoms with Gasteiger partial charge in [0.25, 0.3) is 10.0 Å². The fraction of sp³-hybridized carbons (Fsp3) is 0.308. The Labute approximate surface area is 209 Å². The topological polar surface area (TPSA) is 92.8 Å². The molecule has 0 radical (unpaired) electrons. The summed E-state index contributed by atoms with van der Waals surface area (Å²) in [5.74, 6) is -1.04. The molecule has 7 nitrogen and oxygen atoms in total. The zero-order valence-electron chi connectivity index (χ0n) is 20.2. The summed E-state index contributed by atoms with van der Waals surface area (Å²) in [6.45, 7) is 5.12. The molecule has 0 aliphatic heterocycles. The van der Waals surface area contributed by atoms with Gasteiger partial charge in [-0.1, -0.05) is 29.8 Å². The van der Waals surface area contributed by atoms with E-state index in [0.717, 1.165) is 50.7 Å². The van der Waals surface area contributed by atoms with E-state index in [0.29, 0.717) is 16.3 Å². The van der Waals surface area contributed by atoms with Crippen molar-refractivity contribution in [3.05, 3.63) is 75.2 Å². The number of carbonyl (C=O) groups excluding carboxylic acids is 2. The molecule has 9 heteroatoms. The number of hydrogen-bond donors (Lipinski definition) is 1. The zero-order valence-corrected chi connectivity index (χ0v) is 21.8. The molecular formula is C26H28N2O5S2. The smallest absolute Gasteiger partial charge is 0.341 e. The zero-order chi connectivity index (χ0) is 25.3. The first-order valence-electron chi connectivity index (χ1n) is 11.3. The van der Waals surface area contributed by atoms with Crippen molar-refractivity contribution in [2.75, 3.05) is 23.3 Å². The van der Waals surface area contributed by atoms with Gasteiger partial charge < -0.3 is 10.1 Å². The highest BCUT2D eigenvalue weighted by Crippen LogP contribution is 2.39. The van der Waals surface area contributed by atoms with E-state index in [1.165, 1.54) is 18.4 Å². The molecule has 3 aromatic rings. The van der Waals surface area contributed by atoms with E-state index in [1.54, 1.807) is 30.3 Å². The third-order valence-corrected chi connectivity index (χ3v) is 9.07. The van der Waals surface area contributed by atoms with Crippen molar-refractivity contribution in [1.82, 2.24) is 0 Å². The van der Waals surface area contributed by atoms with Crippen LogP contribution in [0.4, 0.5) is 10.7 Å². The van der Waals surface area contributed by atoms with Gasteiger partial charge in [0.2, 0.25) is 5.91 Å². The number of nitrogens with zero attached hydrogens (tertiary/aromatic N) is 1. The molecule has 0 saturated heterocycles. The summed E-state index contributed by atoms with van der Waals surface area (Å²) in [6.07, 6.45) is 2.55. The van der Waals surface area contributed by atoms with Crippen molar-refractivity contribution in [3.63, 3.8) is 0 Å². The van der Waals surface area contributed by atoms with Crippen LogP contribution in [0.5, 0.6) is 0 Å². The molecule has 35 heavy (non-hydrogen) atoms. The van der Waals surface area contributed by atoms with Gasteiger partial charge in [-0.15, -0.1) is 11.3 Å². The number of benzene rings is 2. The maximum atomic E-state index is 13.7. The van der Waals surface area contributed by atoms with Gasteiger partial charge in [0.05, 0.1) is 23.3 Å². The van der Waals surface area contributed by atoms with Crippen LogP contribution in [0.1, 0.15) is 43.9 Å². The molecule has 0 fully saturated rings. The lowest BCUT2D eigenvalue weighted by Gasteiger charge is -2.26. The van der Waals surface area contributed by atoms with E-state index in [-0.39, 0.29) is 4.90 Å². The van der Waals surface area contributed by atoms with Crippen LogP contribution < -0.4 is 9.62 Å². The fourth-order valence-corrected chi connectivity index (χ4v) is 7.00. The van der Waals surface area contributed by atoms with E-state index in [4.69, 9.17) is 4.74 Å². The molecule has 0 atom stereocenters. The van der Waals surface area contributed by atoms with Crippen molar-refractivity contribution < 1.29 is 22.7 Å². The van der Waals surface area contributed by atoms with E-state index >= 15 is 0 Å². The van der Waals surface area contributed by atoms with Gasteiger partial charge in [-0.25, -0.2) is 13.2 Å². The van der Waals surface area contributed by atoms with Crippen molar-refractivity contribution in [3.8, 4) is 0 Å². The average Bonchev–Trinajstić information content (AvgIpc) is 3.40. The SMILES string of the molecule is COC(=O)c1c(NC(=O)CN(c2cc(C)ccc2C)S(=O)(=O)c2ccc(C)cc2)sc2c1CCC2. The molecule has 1 amide bonds. The minimum Gasteiger partial charge on any atom is -0.465 e. The second-order valence-electron chi connectivity index (χ2n) is 8.72. The van der Waals surface area contributed by atoms with Gasteiger partial charge in [0, 0.05) is 4.88 Å². The highest BCUT2D eigenvalue weighted by atomic mass is 32.2. The number of ether oxygens (including phenoxy) is 1. The standard InChI is InChI=1S/C26H28N2O5S2/c1-16-9-12-19(13-10-16)35(31,32)28(21-14-17(2)8-11-18(21)3)15-23(29)27-25-24(26(30)33-4)20-6-5-7-22(20)34-25/h8-14H,5-7,15H2,1-4H3,(H,27,29). The van der Waals surface area contributed by atoms with Crippen LogP contribution in [0, 0.1) is 20.8 Å². The Morgan fingerprint density at radius 1 is 1.03 bits per heavy atom. The number of nitrogens with one attached hydrogen (secondary N) is 1. The van der Waals surface area contributed by atoms with Crippen LogP contribution in [-0.4, -0.2) is 33.9 Å². The highest BCUT2D eigenvalue weighted by molar-refractivity contribution is 7.92. The predicted molar refractivity (Wildman–Crippen MR) is 138 cm³/mol. The normalized spacial score (nSPS) is 12.8. The molecule has 1 aliphatic rings. The first-order chi connectivity index (χ1) is 16.6. The summed E-state index contributed by atoms with van der Waals surface area (Å²) in [4.78, 5) is 26.9. The largest absolute Gasteiger partial charge is 0.465 e. The second-order valence-corrected chi connectivity index (χ2v) is 11.7. The van der Waals surface area contributed by atoms with Gasteiger partial charge in [0.15, 0.2) is 0 Å². The molecule has 184 valence electrons. The maximum Gasteiger partial charge on any atom is 0.341 e. The molecule has 0 saturated carbocycles. The number of thiophene rings is 1. The lowest BCUT2D eigenvalue weighted by Crippen LogP contribution is -2.38. The quantitative estimate of drug-likeness (QED) is 0.460. The molecule has 1 heterocycles. The number of anilines is 2. The molecular weight excluding hydrogens is 484 g/mol. The van der Waals surface area contributed by atoms with Gasteiger partial charge in [-0.2, -0.15) is 0 Å². The number of amides is 1. The second kappa shape index (κ2) is 9.83. The number of hydrogen-bond acceptors (Lipinski definition) is 6. The van der Waals surface area contributed by atoms with Crippen molar-refractivity contribution in [2.24, 2.45) is 0 Å². The predicted octanol–water partition coefficient (Wildman–Crippen LogP) is 4.78. The Kier molecular flexibility index (Phi) is 7.00. The Balaban J connectivity index is 1.71. The number of methoxy groups -OCH3 is 1. The summed E-state index contributed by atoms with van der Waals surface area (Å²) in [7, 11) is -2.73. The van der Waals surface area contributed by atoms with E-state index < -0.39 is 28.4 Å². The third-order valence-electron chi connectivity index (χ3n) is 6.09. The Morgan fingerprint density at radius 2 is 1.71 bits per heavy atom. The maximum absolute atomic E-state index is 13.7. The lowest BCUT2D eigenvalue weighted by molar-refractivity contribution is -0.114. The van der Waals surface area contributed by atoms with E-state index in [2.05, 4.69) is 5.32 Å². The minimum atomic E-state index is -4.04. The van der Waals surface area contributed by atoms with Gasteiger partial charge >= 0.3 is 5.97 Å². The van der Waals surface area contributed by atoms with Gasteiger partial charge in [-0.05, 0) is 74.9 Å². The van der Waals surface area contributed by atoms with Crippen LogP contribution in [0.15, 0.2) is 47.4 Å². The summed E-state index contributed by atoms with van der Waals surface area (Å²) in [6, 6.07) is 12.0. The van der Waals surface area contributed by atoms with Crippen molar-refractivity contribution in [1.29, 1.82) is 0 Å². The highest BCUT2D eigenvalue weighted by Gasteiger charge is 2.31. The minimum absolute atomic E-state index is 0.0992. The van der Waals surface area contributed by atoms with Gasteiger partial charge in [0.1, 0.15) is 11.5 Å². The van der Waals surface area contributed by atoms with Crippen molar-refractivity contribution >= 4 is 43.9 Å². The number of sulfonamides is 1. The Hall–Kier alpha value is -3.17. The molecule has 4 rings (SSSR count).